The number of fused-ring (bicyclic) bond motifs is 1. The van der Waals surface area contributed by atoms with Gasteiger partial charge >= 0.3 is 0 Å². The smallest absolute Gasteiger partial charge is 0.135 e. The third-order valence-electron chi connectivity index (χ3n) is 1.47. The van der Waals surface area contributed by atoms with Gasteiger partial charge in [0.1, 0.15) is 5.76 Å². The third kappa shape index (κ3) is 1.15. The standard InChI is InChI=1S/C9H7NO/c1-4-9-8(7-10-5-1)3-2-6-11-9/h1-7H. The van der Waals surface area contributed by atoms with Gasteiger partial charge in [0.15, 0.2) is 0 Å². The zero-order chi connectivity index (χ0) is 7.52. The molecule has 2 aliphatic heterocycles. The molecule has 0 aliphatic carbocycles. The molecule has 2 rings (SSSR count). The van der Waals surface area contributed by atoms with Gasteiger partial charge in [-0.3, -0.25) is 4.99 Å². The molecule has 0 saturated heterocycles. The van der Waals surface area contributed by atoms with Crippen molar-refractivity contribution in [2.24, 2.45) is 4.99 Å². The molecule has 2 heteroatoms. The highest BCUT2D eigenvalue weighted by Gasteiger charge is 2.05. The van der Waals surface area contributed by atoms with Crippen molar-refractivity contribution in [3.05, 3.63) is 48.1 Å². The molecule has 0 aromatic rings. The summed E-state index contributed by atoms with van der Waals surface area (Å²) in [6, 6.07) is 0. The van der Waals surface area contributed by atoms with Gasteiger partial charge < -0.3 is 4.74 Å². The van der Waals surface area contributed by atoms with E-state index in [2.05, 4.69) is 4.99 Å². The Balaban J connectivity index is 2.44. The van der Waals surface area contributed by atoms with Gasteiger partial charge in [-0.25, -0.2) is 0 Å². The molecule has 0 N–H and O–H groups in total. The molecule has 0 atom stereocenters. The normalized spacial score (nSPS) is 19.6. The topological polar surface area (TPSA) is 21.6 Å². The van der Waals surface area contributed by atoms with Crippen LogP contribution in [-0.2, 0) is 4.74 Å². The maximum atomic E-state index is 5.23. The molecule has 2 heterocycles. The molecule has 0 saturated carbocycles. The van der Waals surface area contributed by atoms with E-state index in [0.29, 0.717) is 0 Å². The molecule has 2 nitrogen and oxygen atoms in total. The highest BCUT2D eigenvalue weighted by atomic mass is 16.5. The Labute approximate surface area is 64.9 Å². The minimum atomic E-state index is 0.852. The second-order valence-corrected chi connectivity index (χ2v) is 2.22. The largest absolute Gasteiger partial charge is 0.464 e. The average Bonchev–Trinajstić information content (AvgIpc) is 2.28. The molecule has 0 spiro atoms. The van der Waals surface area contributed by atoms with Crippen LogP contribution in [0.2, 0.25) is 0 Å². The van der Waals surface area contributed by atoms with Gasteiger partial charge in [-0.2, -0.15) is 0 Å². The molecule has 2 aliphatic rings. The second-order valence-electron chi connectivity index (χ2n) is 2.22. The van der Waals surface area contributed by atoms with Crippen LogP contribution in [0.25, 0.3) is 0 Å². The summed E-state index contributed by atoms with van der Waals surface area (Å²) in [6.07, 6.45) is 12.7. The van der Waals surface area contributed by atoms with Crippen LogP contribution in [0.1, 0.15) is 0 Å². The number of ether oxygens (including phenoxy) is 1. The molecule has 0 bridgehead atoms. The lowest BCUT2D eigenvalue weighted by atomic mass is 10.2. The number of hydrogen-bond acceptors (Lipinski definition) is 2. The Hall–Kier alpha value is -1.57. The predicted molar refractivity (Wildman–Crippen MR) is 44.0 cm³/mol. The molecule has 0 aromatic heterocycles. The van der Waals surface area contributed by atoms with E-state index in [1.807, 2.05) is 24.3 Å². The fraction of sp³-hybridized carbons (Fsp3) is 0. The first kappa shape index (κ1) is 6.16. The minimum Gasteiger partial charge on any atom is -0.464 e. The SMILES string of the molecule is C1=CN=CC2=CC=COC2=C1. The summed E-state index contributed by atoms with van der Waals surface area (Å²) in [5.41, 5.74) is 1.01. The van der Waals surface area contributed by atoms with Crippen LogP contribution in [0.3, 0.4) is 0 Å². The van der Waals surface area contributed by atoms with Crippen LogP contribution in [0.5, 0.6) is 0 Å². The Morgan fingerprint density at radius 2 is 2.18 bits per heavy atom. The van der Waals surface area contributed by atoms with Crippen molar-refractivity contribution in [2.45, 2.75) is 0 Å². The quantitative estimate of drug-likeness (QED) is 0.510. The molecule has 11 heavy (non-hydrogen) atoms. The summed E-state index contributed by atoms with van der Waals surface area (Å²) in [5.74, 6) is 0.852. The fourth-order valence-corrected chi connectivity index (χ4v) is 0.951. The van der Waals surface area contributed by atoms with Crippen molar-refractivity contribution in [2.75, 3.05) is 0 Å². The monoisotopic (exact) mass is 145 g/mol. The number of hydrogen-bond donors (Lipinski definition) is 0. The van der Waals surface area contributed by atoms with Gasteiger partial charge in [-0.1, -0.05) is 0 Å². The highest BCUT2D eigenvalue weighted by molar-refractivity contribution is 5.85. The summed E-state index contributed by atoms with van der Waals surface area (Å²) in [4.78, 5) is 4.02. The van der Waals surface area contributed by atoms with Crippen molar-refractivity contribution in [3.63, 3.8) is 0 Å². The molecule has 0 aromatic carbocycles. The summed E-state index contributed by atoms with van der Waals surface area (Å²) < 4.78 is 5.23. The van der Waals surface area contributed by atoms with Gasteiger partial charge in [0.25, 0.3) is 0 Å². The number of allylic oxidation sites excluding steroid dienone is 5. The van der Waals surface area contributed by atoms with Gasteiger partial charge in [0, 0.05) is 18.0 Å². The highest BCUT2D eigenvalue weighted by Crippen LogP contribution is 2.16. The van der Waals surface area contributed by atoms with E-state index in [9.17, 15) is 0 Å². The molecule has 0 radical (unpaired) electrons. The number of nitrogens with zero attached hydrogens (tertiary/aromatic N) is 1. The Kier molecular flexibility index (Phi) is 1.44. The van der Waals surface area contributed by atoms with E-state index in [4.69, 9.17) is 4.74 Å². The maximum absolute atomic E-state index is 5.23. The molecular formula is C9H7NO. The van der Waals surface area contributed by atoms with E-state index >= 15 is 0 Å². The van der Waals surface area contributed by atoms with Crippen LogP contribution in [0.15, 0.2) is 53.1 Å². The van der Waals surface area contributed by atoms with Crippen molar-refractivity contribution < 1.29 is 4.74 Å². The lowest BCUT2D eigenvalue weighted by molar-refractivity contribution is 0.361. The van der Waals surface area contributed by atoms with Gasteiger partial charge in [-0.15, -0.1) is 0 Å². The van der Waals surface area contributed by atoms with E-state index in [-0.39, 0.29) is 0 Å². The van der Waals surface area contributed by atoms with Crippen LogP contribution < -0.4 is 0 Å². The fourth-order valence-electron chi connectivity index (χ4n) is 0.951. The van der Waals surface area contributed by atoms with Crippen LogP contribution >= 0.6 is 0 Å². The molecule has 0 amide bonds. The van der Waals surface area contributed by atoms with Crippen molar-refractivity contribution in [3.8, 4) is 0 Å². The van der Waals surface area contributed by atoms with Crippen LogP contribution in [-0.4, -0.2) is 6.21 Å². The Bertz CT molecular complexity index is 306. The minimum absolute atomic E-state index is 0.852. The number of rotatable bonds is 0. The van der Waals surface area contributed by atoms with Crippen LogP contribution in [0, 0.1) is 0 Å². The molecular weight excluding hydrogens is 138 g/mol. The van der Waals surface area contributed by atoms with E-state index in [1.54, 1.807) is 18.7 Å². The Morgan fingerprint density at radius 3 is 3.18 bits per heavy atom. The zero-order valence-electron chi connectivity index (χ0n) is 5.90. The molecule has 0 unspecified atom stereocenters. The summed E-state index contributed by atoms with van der Waals surface area (Å²) in [5, 5.41) is 0. The number of aliphatic imine (C=N–C) groups is 1. The lowest BCUT2D eigenvalue weighted by Gasteiger charge is -2.07. The van der Waals surface area contributed by atoms with E-state index in [0.717, 1.165) is 11.3 Å². The first-order valence-electron chi connectivity index (χ1n) is 3.41. The Morgan fingerprint density at radius 1 is 1.18 bits per heavy atom. The first-order chi connectivity index (χ1) is 5.47. The zero-order valence-corrected chi connectivity index (χ0v) is 5.90. The first-order valence-corrected chi connectivity index (χ1v) is 3.41. The van der Waals surface area contributed by atoms with Crippen molar-refractivity contribution in [1.82, 2.24) is 0 Å². The van der Waals surface area contributed by atoms with Gasteiger partial charge in [0.05, 0.1) is 6.26 Å². The molecule has 54 valence electrons. The van der Waals surface area contributed by atoms with E-state index in [1.165, 1.54) is 0 Å². The molecule has 0 fully saturated rings. The second kappa shape index (κ2) is 2.58. The van der Waals surface area contributed by atoms with Crippen molar-refractivity contribution >= 4 is 6.21 Å². The third-order valence-corrected chi connectivity index (χ3v) is 1.47. The summed E-state index contributed by atoms with van der Waals surface area (Å²) in [7, 11) is 0. The average molecular weight is 145 g/mol. The van der Waals surface area contributed by atoms with E-state index < -0.39 is 0 Å². The maximum Gasteiger partial charge on any atom is 0.135 e. The predicted octanol–water partition coefficient (Wildman–Crippen LogP) is 1.94. The lowest BCUT2D eigenvalue weighted by Crippen LogP contribution is -1.95. The van der Waals surface area contributed by atoms with Gasteiger partial charge in [0.2, 0.25) is 0 Å². The summed E-state index contributed by atoms with van der Waals surface area (Å²) >= 11 is 0. The summed E-state index contributed by atoms with van der Waals surface area (Å²) in [6.45, 7) is 0. The van der Waals surface area contributed by atoms with Crippen LogP contribution in [0.4, 0.5) is 0 Å². The van der Waals surface area contributed by atoms with Gasteiger partial charge in [-0.05, 0) is 24.3 Å². The van der Waals surface area contributed by atoms with Crippen molar-refractivity contribution in [1.29, 1.82) is 0 Å².